The van der Waals surface area contributed by atoms with Crippen LogP contribution in [-0.2, 0) is 26.9 Å². The number of amides is 1. The van der Waals surface area contributed by atoms with Crippen LogP contribution < -0.4 is 5.32 Å². The van der Waals surface area contributed by atoms with Crippen molar-refractivity contribution in [2.24, 2.45) is 0 Å². The lowest BCUT2D eigenvalue weighted by molar-refractivity contribution is -0.116. The molecule has 158 valence electrons. The average molecular weight is 457 g/mol. The van der Waals surface area contributed by atoms with Crippen molar-refractivity contribution in [3.63, 3.8) is 0 Å². The third kappa shape index (κ3) is 4.78. The molecule has 3 aromatic carbocycles. The number of nitrogens with zero attached hydrogens (tertiary/aromatic N) is 1. The van der Waals surface area contributed by atoms with E-state index in [0.717, 1.165) is 0 Å². The molecule has 1 heterocycles. The number of aromatic nitrogens is 1. The summed E-state index contributed by atoms with van der Waals surface area (Å²) in [5, 5.41) is 3.77. The zero-order valence-corrected chi connectivity index (χ0v) is 17.8. The standard InChI is InChI=1S/C23H18ClFN2O3S/c24-17-7-5-16(6-8-17)15-31(29,30)22-13-27(21-4-2-1-3-20(21)22)14-23(28)26-19-11-9-18(25)10-12-19/h1-13H,14-15H2,(H,26,28). The molecule has 0 radical (unpaired) electrons. The van der Waals surface area contributed by atoms with Gasteiger partial charge in [0.1, 0.15) is 12.4 Å². The fourth-order valence-electron chi connectivity index (χ4n) is 3.36. The smallest absolute Gasteiger partial charge is 0.244 e. The Bertz CT molecular complexity index is 1350. The predicted molar refractivity (Wildman–Crippen MR) is 119 cm³/mol. The highest BCUT2D eigenvalue weighted by atomic mass is 35.5. The quantitative estimate of drug-likeness (QED) is 0.441. The number of rotatable bonds is 6. The molecule has 0 aliphatic heterocycles. The van der Waals surface area contributed by atoms with E-state index in [2.05, 4.69) is 5.32 Å². The topological polar surface area (TPSA) is 68.2 Å². The Kier molecular flexibility index (Phi) is 5.80. The van der Waals surface area contributed by atoms with Crippen molar-refractivity contribution >= 4 is 43.9 Å². The van der Waals surface area contributed by atoms with Crippen molar-refractivity contribution in [3.8, 4) is 0 Å². The molecule has 8 heteroatoms. The van der Waals surface area contributed by atoms with Crippen molar-refractivity contribution in [1.82, 2.24) is 4.57 Å². The number of nitrogens with one attached hydrogen (secondary N) is 1. The summed E-state index contributed by atoms with van der Waals surface area (Å²) < 4.78 is 40.9. The van der Waals surface area contributed by atoms with E-state index >= 15 is 0 Å². The van der Waals surface area contributed by atoms with Gasteiger partial charge >= 0.3 is 0 Å². The Hall–Kier alpha value is -3.16. The number of carbonyl (C=O) groups excluding carboxylic acids is 1. The summed E-state index contributed by atoms with van der Waals surface area (Å²) in [5.41, 5.74) is 1.71. The first-order valence-electron chi connectivity index (χ1n) is 9.42. The molecule has 1 aromatic heterocycles. The number of halogens is 2. The monoisotopic (exact) mass is 456 g/mol. The highest BCUT2D eigenvalue weighted by Gasteiger charge is 2.22. The second-order valence-electron chi connectivity index (χ2n) is 7.08. The number of hydrogen-bond donors (Lipinski definition) is 1. The van der Waals surface area contributed by atoms with Crippen LogP contribution in [0.5, 0.6) is 0 Å². The molecular weight excluding hydrogens is 439 g/mol. The van der Waals surface area contributed by atoms with Gasteiger partial charge in [-0.15, -0.1) is 0 Å². The van der Waals surface area contributed by atoms with Crippen molar-refractivity contribution in [1.29, 1.82) is 0 Å². The molecule has 1 N–H and O–H groups in total. The van der Waals surface area contributed by atoms with E-state index in [1.165, 1.54) is 30.5 Å². The molecule has 0 atom stereocenters. The summed E-state index contributed by atoms with van der Waals surface area (Å²) in [4.78, 5) is 12.7. The van der Waals surface area contributed by atoms with Gasteiger partial charge in [0.15, 0.2) is 9.84 Å². The van der Waals surface area contributed by atoms with Crippen LogP contribution in [0, 0.1) is 5.82 Å². The average Bonchev–Trinajstić information content (AvgIpc) is 3.11. The maximum absolute atomic E-state index is 13.1. The molecule has 0 bridgehead atoms. The number of hydrogen-bond acceptors (Lipinski definition) is 3. The Morgan fingerprint density at radius 1 is 0.968 bits per heavy atom. The van der Waals surface area contributed by atoms with E-state index in [1.807, 2.05) is 0 Å². The van der Waals surface area contributed by atoms with Gasteiger partial charge in [0, 0.05) is 27.8 Å². The van der Waals surface area contributed by atoms with Crippen LogP contribution in [0.2, 0.25) is 5.02 Å². The van der Waals surface area contributed by atoms with Crippen LogP contribution in [0.25, 0.3) is 10.9 Å². The lowest BCUT2D eigenvalue weighted by Crippen LogP contribution is -2.18. The lowest BCUT2D eigenvalue weighted by Gasteiger charge is -2.07. The molecule has 1 amide bonds. The van der Waals surface area contributed by atoms with E-state index in [1.54, 1.807) is 53.1 Å². The summed E-state index contributed by atoms with van der Waals surface area (Å²) in [6.45, 7) is -0.0889. The first-order valence-corrected chi connectivity index (χ1v) is 11.5. The third-order valence-electron chi connectivity index (χ3n) is 4.80. The molecule has 0 saturated carbocycles. The van der Waals surface area contributed by atoms with Gasteiger partial charge in [-0.3, -0.25) is 4.79 Å². The molecule has 4 aromatic rings. The maximum Gasteiger partial charge on any atom is 0.244 e. The molecule has 0 unspecified atom stereocenters. The molecule has 0 spiro atoms. The molecule has 0 aliphatic carbocycles. The van der Waals surface area contributed by atoms with E-state index in [4.69, 9.17) is 11.6 Å². The number of fused-ring (bicyclic) bond motifs is 1. The number of benzene rings is 3. The zero-order chi connectivity index (χ0) is 22.0. The van der Waals surface area contributed by atoms with Crippen LogP contribution in [0.1, 0.15) is 5.56 Å². The van der Waals surface area contributed by atoms with Crippen molar-refractivity contribution < 1.29 is 17.6 Å². The molecule has 0 fully saturated rings. The minimum absolute atomic E-state index is 0.0889. The van der Waals surface area contributed by atoms with E-state index < -0.39 is 15.7 Å². The van der Waals surface area contributed by atoms with Crippen molar-refractivity contribution in [3.05, 3.63) is 95.4 Å². The van der Waals surface area contributed by atoms with Gasteiger partial charge in [-0.25, -0.2) is 12.8 Å². The first-order chi connectivity index (χ1) is 14.8. The molecular formula is C23H18ClFN2O3S. The van der Waals surface area contributed by atoms with Crippen LogP contribution in [0.4, 0.5) is 10.1 Å². The fraction of sp³-hybridized carbons (Fsp3) is 0.0870. The second-order valence-corrected chi connectivity index (χ2v) is 9.47. The minimum Gasteiger partial charge on any atom is -0.337 e. The SMILES string of the molecule is O=C(Cn1cc(S(=O)(=O)Cc2ccc(Cl)cc2)c2ccccc21)Nc1ccc(F)cc1. The Balaban J connectivity index is 1.63. The highest BCUT2D eigenvalue weighted by Crippen LogP contribution is 2.28. The third-order valence-corrected chi connectivity index (χ3v) is 6.76. The maximum atomic E-state index is 13.1. The molecule has 4 rings (SSSR count). The first kappa shape index (κ1) is 21.1. The van der Waals surface area contributed by atoms with Gasteiger partial charge in [0.05, 0.1) is 10.6 Å². The summed E-state index contributed by atoms with van der Waals surface area (Å²) in [6, 6.07) is 19.1. The van der Waals surface area contributed by atoms with Gasteiger partial charge in [0.25, 0.3) is 0 Å². The number of anilines is 1. The summed E-state index contributed by atoms with van der Waals surface area (Å²) >= 11 is 5.89. The minimum atomic E-state index is -3.67. The molecule has 0 saturated heterocycles. The van der Waals surface area contributed by atoms with Gasteiger partial charge in [0.2, 0.25) is 5.91 Å². The van der Waals surface area contributed by atoms with Crippen LogP contribution in [0.15, 0.2) is 83.9 Å². The van der Waals surface area contributed by atoms with Crippen LogP contribution in [0.3, 0.4) is 0 Å². The summed E-state index contributed by atoms with van der Waals surface area (Å²) in [6.07, 6.45) is 1.49. The number of carbonyl (C=O) groups is 1. The number of sulfone groups is 1. The Morgan fingerprint density at radius 3 is 2.35 bits per heavy atom. The van der Waals surface area contributed by atoms with Gasteiger partial charge in [-0.1, -0.05) is 41.9 Å². The van der Waals surface area contributed by atoms with E-state index in [0.29, 0.717) is 27.2 Å². The van der Waals surface area contributed by atoms with Gasteiger partial charge < -0.3 is 9.88 Å². The fourth-order valence-corrected chi connectivity index (χ4v) is 5.07. The largest absolute Gasteiger partial charge is 0.337 e. The van der Waals surface area contributed by atoms with E-state index in [-0.39, 0.29) is 23.1 Å². The van der Waals surface area contributed by atoms with Crippen LogP contribution >= 0.6 is 11.6 Å². The van der Waals surface area contributed by atoms with Crippen molar-refractivity contribution in [2.45, 2.75) is 17.2 Å². The summed E-state index contributed by atoms with van der Waals surface area (Å²) in [5.74, 6) is -0.932. The second kappa shape index (κ2) is 8.53. The Labute approximate surface area is 184 Å². The predicted octanol–water partition coefficient (Wildman–Crippen LogP) is 5.05. The van der Waals surface area contributed by atoms with Crippen LogP contribution in [-0.4, -0.2) is 18.9 Å². The normalized spacial score (nSPS) is 11.5. The molecule has 0 aliphatic rings. The highest BCUT2D eigenvalue weighted by molar-refractivity contribution is 7.90. The Morgan fingerprint density at radius 2 is 1.65 bits per heavy atom. The van der Waals surface area contributed by atoms with Gasteiger partial charge in [-0.2, -0.15) is 0 Å². The summed E-state index contributed by atoms with van der Waals surface area (Å²) in [7, 11) is -3.67. The lowest BCUT2D eigenvalue weighted by atomic mass is 10.2. The van der Waals surface area contributed by atoms with Crippen molar-refractivity contribution in [2.75, 3.05) is 5.32 Å². The molecule has 5 nitrogen and oxygen atoms in total. The molecule has 31 heavy (non-hydrogen) atoms. The van der Waals surface area contributed by atoms with E-state index in [9.17, 15) is 17.6 Å². The van der Waals surface area contributed by atoms with Gasteiger partial charge in [-0.05, 0) is 48.0 Å². The number of para-hydroxylation sites is 1. The zero-order valence-electron chi connectivity index (χ0n) is 16.3.